The zero-order valence-electron chi connectivity index (χ0n) is 27.4. The molecular formula is C46H31N3O. The van der Waals surface area contributed by atoms with Crippen LogP contribution < -0.4 is 0 Å². The molecule has 236 valence electrons. The summed E-state index contributed by atoms with van der Waals surface area (Å²) in [6, 6.07) is 58.7. The van der Waals surface area contributed by atoms with Crippen LogP contribution in [0.1, 0.15) is 5.56 Å². The van der Waals surface area contributed by atoms with Gasteiger partial charge in [-0.05, 0) is 58.5 Å². The fraction of sp³-hybridized carbons (Fsp3) is 0.0217. The van der Waals surface area contributed by atoms with Crippen molar-refractivity contribution in [3.05, 3.63) is 175 Å². The first-order valence-electron chi connectivity index (χ1n) is 16.8. The second-order valence-electron chi connectivity index (χ2n) is 12.5. The van der Waals surface area contributed by atoms with Crippen molar-refractivity contribution in [2.75, 3.05) is 0 Å². The number of hydrogen-bond acceptors (Lipinski definition) is 4. The molecule has 0 aliphatic heterocycles. The van der Waals surface area contributed by atoms with Crippen molar-refractivity contribution >= 4 is 21.9 Å². The fourth-order valence-corrected chi connectivity index (χ4v) is 6.68. The van der Waals surface area contributed by atoms with Crippen LogP contribution in [0, 0.1) is 6.92 Å². The Hall–Kier alpha value is -6.65. The lowest BCUT2D eigenvalue weighted by Gasteiger charge is -2.12. The van der Waals surface area contributed by atoms with E-state index >= 15 is 0 Å². The Morgan fingerprint density at radius 1 is 0.360 bits per heavy atom. The third-order valence-corrected chi connectivity index (χ3v) is 9.26. The molecule has 0 N–H and O–H groups in total. The Labute approximate surface area is 290 Å². The maximum atomic E-state index is 6.51. The van der Waals surface area contributed by atoms with Crippen LogP contribution in [0.25, 0.3) is 89.5 Å². The van der Waals surface area contributed by atoms with Crippen molar-refractivity contribution in [1.82, 2.24) is 15.0 Å². The average Bonchev–Trinajstić information content (AvgIpc) is 3.57. The number of aromatic nitrogens is 3. The lowest BCUT2D eigenvalue weighted by Crippen LogP contribution is -2.01. The van der Waals surface area contributed by atoms with Crippen LogP contribution >= 0.6 is 0 Å². The number of fused-ring (bicyclic) bond motifs is 3. The highest BCUT2D eigenvalue weighted by Crippen LogP contribution is 2.39. The van der Waals surface area contributed by atoms with Gasteiger partial charge in [0.05, 0.1) is 0 Å². The van der Waals surface area contributed by atoms with Gasteiger partial charge in [0.1, 0.15) is 11.2 Å². The molecule has 0 amide bonds. The summed E-state index contributed by atoms with van der Waals surface area (Å²) in [5, 5.41) is 2.14. The molecule has 0 radical (unpaired) electrons. The third kappa shape index (κ3) is 5.43. The molecule has 9 aromatic rings. The molecule has 4 nitrogen and oxygen atoms in total. The van der Waals surface area contributed by atoms with Crippen LogP contribution in [-0.2, 0) is 0 Å². The number of benzene rings is 7. The molecular weight excluding hydrogens is 611 g/mol. The van der Waals surface area contributed by atoms with E-state index in [1.165, 1.54) is 16.7 Å². The molecule has 0 aliphatic rings. The summed E-state index contributed by atoms with van der Waals surface area (Å²) < 4.78 is 6.51. The minimum Gasteiger partial charge on any atom is -0.456 e. The molecule has 0 saturated carbocycles. The number of rotatable bonds is 6. The summed E-state index contributed by atoms with van der Waals surface area (Å²) in [6.07, 6.45) is 0. The zero-order chi connectivity index (χ0) is 33.4. The molecule has 9 rings (SSSR count). The van der Waals surface area contributed by atoms with E-state index in [1.807, 2.05) is 48.5 Å². The van der Waals surface area contributed by atoms with Gasteiger partial charge >= 0.3 is 0 Å². The molecule has 50 heavy (non-hydrogen) atoms. The van der Waals surface area contributed by atoms with Gasteiger partial charge in [-0.15, -0.1) is 0 Å². The predicted octanol–water partition coefficient (Wildman–Crippen LogP) is 12.1. The van der Waals surface area contributed by atoms with E-state index in [2.05, 4.69) is 128 Å². The van der Waals surface area contributed by atoms with Gasteiger partial charge in [-0.25, -0.2) is 15.0 Å². The molecule has 0 unspecified atom stereocenters. The first-order chi connectivity index (χ1) is 24.7. The molecule has 0 bridgehead atoms. The second kappa shape index (κ2) is 12.4. The van der Waals surface area contributed by atoms with Crippen molar-refractivity contribution in [3.8, 4) is 67.5 Å². The van der Waals surface area contributed by atoms with Gasteiger partial charge < -0.3 is 4.42 Å². The summed E-state index contributed by atoms with van der Waals surface area (Å²) in [5.41, 5.74) is 12.4. The second-order valence-corrected chi connectivity index (χ2v) is 12.5. The average molecular weight is 642 g/mol. The predicted molar refractivity (Wildman–Crippen MR) is 204 cm³/mol. The number of nitrogens with zero attached hydrogens (tertiary/aromatic N) is 3. The molecule has 0 spiro atoms. The first kappa shape index (κ1) is 29.5. The van der Waals surface area contributed by atoms with E-state index in [9.17, 15) is 0 Å². The fourth-order valence-electron chi connectivity index (χ4n) is 6.68. The highest BCUT2D eigenvalue weighted by Gasteiger charge is 2.18. The van der Waals surface area contributed by atoms with E-state index in [1.54, 1.807) is 0 Å². The molecule has 0 atom stereocenters. The monoisotopic (exact) mass is 641 g/mol. The minimum atomic E-state index is 0.589. The Kier molecular flexibility index (Phi) is 7.33. The smallest absolute Gasteiger partial charge is 0.164 e. The van der Waals surface area contributed by atoms with Gasteiger partial charge in [-0.3, -0.25) is 0 Å². The van der Waals surface area contributed by atoms with E-state index in [4.69, 9.17) is 19.4 Å². The van der Waals surface area contributed by atoms with Gasteiger partial charge in [0.15, 0.2) is 17.5 Å². The van der Waals surface area contributed by atoms with E-state index in [0.29, 0.717) is 17.5 Å². The van der Waals surface area contributed by atoms with Gasteiger partial charge in [0.2, 0.25) is 0 Å². The quantitative estimate of drug-likeness (QED) is 0.181. The normalized spacial score (nSPS) is 11.3. The maximum Gasteiger partial charge on any atom is 0.164 e. The van der Waals surface area contributed by atoms with Crippen LogP contribution in [0.3, 0.4) is 0 Å². The summed E-state index contributed by atoms with van der Waals surface area (Å²) in [5.74, 6) is 1.83. The highest BCUT2D eigenvalue weighted by molar-refractivity contribution is 6.13. The lowest BCUT2D eigenvalue weighted by atomic mass is 9.96. The Balaban J connectivity index is 1.16. The molecule has 0 fully saturated rings. The maximum absolute atomic E-state index is 6.51. The Morgan fingerprint density at radius 2 is 0.880 bits per heavy atom. The minimum absolute atomic E-state index is 0.589. The largest absolute Gasteiger partial charge is 0.456 e. The first-order valence-corrected chi connectivity index (χ1v) is 16.8. The van der Waals surface area contributed by atoms with Crippen LogP contribution in [0.4, 0.5) is 0 Å². The van der Waals surface area contributed by atoms with Crippen molar-refractivity contribution in [3.63, 3.8) is 0 Å². The Morgan fingerprint density at radius 3 is 1.62 bits per heavy atom. The van der Waals surface area contributed by atoms with Crippen molar-refractivity contribution < 1.29 is 4.42 Å². The van der Waals surface area contributed by atoms with Crippen LogP contribution in [0.15, 0.2) is 174 Å². The van der Waals surface area contributed by atoms with Crippen molar-refractivity contribution in [2.45, 2.75) is 6.92 Å². The van der Waals surface area contributed by atoms with Gasteiger partial charge in [-0.2, -0.15) is 0 Å². The molecule has 0 saturated heterocycles. The van der Waals surface area contributed by atoms with Gasteiger partial charge in [0.25, 0.3) is 0 Å². The van der Waals surface area contributed by atoms with Crippen LogP contribution in [0.5, 0.6) is 0 Å². The van der Waals surface area contributed by atoms with Crippen molar-refractivity contribution in [1.29, 1.82) is 0 Å². The lowest BCUT2D eigenvalue weighted by molar-refractivity contribution is 0.669. The van der Waals surface area contributed by atoms with E-state index in [-0.39, 0.29) is 0 Å². The zero-order valence-corrected chi connectivity index (χ0v) is 27.4. The SMILES string of the molecule is Cc1ccc(-c2ccccc2-c2nc(-c3ccccc3)nc(-c3ccc4c(c3)oc3cccc(-c5ccc(-c6ccccc6)cc5)c34)n2)cc1. The number of hydrogen-bond donors (Lipinski definition) is 0. The third-order valence-electron chi connectivity index (χ3n) is 9.26. The van der Waals surface area contributed by atoms with Gasteiger partial charge in [-0.1, -0.05) is 157 Å². The number of furan rings is 1. The number of aryl methyl sites for hydroxylation is 1. The highest BCUT2D eigenvalue weighted by atomic mass is 16.3. The molecule has 0 aliphatic carbocycles. The summed E-state index contributed by atoms with van der Waals surface area (Å²) in [6.45, 7) is 2.10. The molecule has 2 heterocycles. The van der Waals surface area contributed by atoms with E-state index in [0.717, 1.165) is 60.9 Å². The summed E-state index contributed by atoms with van der Waals surface area (Å²) in [7, 11) is 0. The topological polar surface area (TPSA) is 51.8 Å². The van der Waals surface area contributed by atoms with Crippen molar-refractivity contribution in [2.24, 2.45) is 0 Å². The summed E-state index contributed by atoms with van der Waals surface area (Å²) >= 11 is 0. The molecule has 2 aromatic heterocycles. The van der Waals surface area contributed by atoms with Gasteiger partial charge in [0, 0.05) is 27.5 Å². The van der Waals surface area contributed by atoms with Crippen LogP contribution in [0.2, 0.25) is 0 Å². The standard InChI is InChI=1S/C46H31N3O/c1-30-19-21-33(22-20-30)37-15-8-9-16-39(37)46-48-44(35-13-6-3-7-14-35)47-45(49-46)36-27-28-40-42(29-36)50-41-18-10-17-38(43(40)41)34-25-23-32(24-26-34)31-11-4-2-5-12-31/h2-29H,1H3. The molecule has 4 heteroatoms. The Bertz CT molecular complexity index is 2630. The van der Waals surface area contributed by atoms with Crippen LogP contribution in [-0.4, -0.2) is 15.0 Å². The van der Waals surface area contributed by atoms with E-state index < -0.39 is 0 Å². The summed E-state index contributed by atoms with van der Waals surface area (Å²) in [4.78, 5) is 15.1. The molecule has 7 aromatic carbocycles.